The number of hydrogen-bond donors (Lipinski definition) is 2. The first-order valence-electron chi connectivity index (χ1n) is 6.83. The first-order valence-corrected chi connectivity index (χ1v) is 6.83. The van der Waals surface area contributed by atoms with Gasteiger partial charge in [-0.25, -0.2) is 0 Å². The van der Waals surface area contributed by atoms with Gasteiger partial charge in [-0.15, -0.1) is 0 Å². The molecule has 0 radical (unpaired) electrons. The average Bonchev–Trinajstić information content (AvgIpc) is 2.39. The Morgan fingerprint density at radius 3 is 1.71 bits per heavy atom. The highest BCUT2D eigenvalue weighted by Gasteiger charge is 2.02. The summed E-state index contributed by atoms with van der Waals surface area (Å²) in [7, 11) is 0. The third-order valence-electron chi connectivity index (χ3n) is 2.51. The van der Waals surface area contributed by atoms with E-state index < -0.39 is 0 Å². The van der Waals surface area contributed by atoms with Crippen molar-refractivity contribution in [1.29, 1.82) is 0 Å². The van der Waals surface area contributed by atoms with Gasteiger partial charge in [0.2, 0.25) is 11.8 Å². The molecule has 6 heteroatoms. The number of carbonyl (C=O) groups excluding carboxylic acids is 2. The Kier molecular flexibility index (Phi) is 7.08. The fraction of sp³-hybridized carbons (Fsp3) is 0.467. The number of aryl methyl sites for hydroxylation is 1. The average molecular weight is 294 g/mol. The summed E-state index contributed by atoms with van der Waals surface area (Å²) in [5, 5.41) is 5.32. The molecule has 6 nitrogen and oxygen atoms in total. The van der Waals surface area contributed by atoms with Crippen LogP contribution in [0.5, 0.6) is 11.5 Å². The molecular weight excluding hydrogens is 272 g/mol. The fourth-order valence-electron chi connectivity index (χ4n) is 1.67. The summed E-state index contributed by atoms with van der Waals surface area (Å²) in [4.78, 5) is 21.5. The highest BCUT2D eigenvalue weighted by atomic mass is 16.5. The van der Waals surface area contributed by atoms with Gasteiger partial charge in [0.15, 0.2) is 0 Å². The quantitative estimate of drug-likeness (QED) is 0.702. The molecule has 2 amide bonds. The second-order valence-electron chi connectivity index (χ2n) is 4.64. The third kappa shape index (κ3) is 7.81. The van der Waals surface area contributed by atoms with Crippen molar-refractivity contribution >= 4 is 11.8 Å². The fourth-order valence-corrected chi connectivity index (χ4v) is 1.67. The van der Waals surface area contributed by atoms with Crippen molar-refractivity contribution in [3.63, 3.8) is 0 Å². The van der Waals surface area contributed by atoms with Crippen molar-refractivity contribution in [3.05, 3.63) is 23.8 Å². The molecule has 0 bridgehead atoms. The molecule has 21 heavy (non-hydrogen) atoms. The van der Waals surface area contributed by atoms with E-state index in [-0.39, 0.29) is 11.8 Å². The van der Waals surface area contributed by atoms with Gasteiger partial charge in [0.1, 0.15) is 24.7 Å². The number of nitrogens with one attached hydrogen (secondary N) is 2. The molecule has 0 unspecified atom stereocenters. The zero-order valence-electron chi connectivity index (χ0n) is 12.7. The highest BCUT2D eigenvalue weighted by Crippen LogP contribution is 2.22. The van der Waals surface area contributed by atoms with E-state index in [1.54, 1.807) is 6.07 Å². The van der Waals surface area contributed by atoms with Gasteiger partial charge >= 0.3 is 0 Å². The third-order valence-corrected chi connectivity index (χ3v) is 2.51. The molecule has 0 aliphatic rings. The minimum Gasteiger partial charge on any atom is -0.492 e. The molecule has 0 aliphatic heterocycles. The predicted molar refractivity (Wildman–Crippen MR) is 79.5 cm³/mol. The van der Waals surface area contributed by atoms with E-state index in [1.165, 1.54) is 13.8 Å². The van der Waals surface area contributed by atoms with Crippen molar-refractivity contribution in [1.82, 2.24) is 10.6 Å². The van der Waals surface area contributed by atoms with Gasteiger partial charge in [0.05, 0.1) is 13.1 Å². The number of hydrogen-bond acceptors (Lipinski definition) is 4. The molecular formula is C15H22N2O4. The molecule has 0 spiro atoms. The SMILES string of the molecule is CC(=O)NCCOc1cc(C)cc(OCCNC(C)=O)c1. The summed E-state index contributed by atoms with van der Waals surface area (Å²) in [5.74, 6) is 1.22. The van der Waals surface area contributed by atoms with Crippen LogP contribution >= 0.6 is 0 Å². The van der Waals surface area contributed by atoms with Crippen molar-refractivity contribution in [3.8, 4) is 11.5 Å². The van der Waals surface area contributed by atoms with Crippen molar-refractivity contribution in [2.24, 2.45) is 0 Å². The lowest BCUT2D eigenvalue weighted by atomic mass is 10.2. The first kappa shape index (κ1) is 16.8. The lowest BCUT2D eigenvalue weighted by Gasteiger charge is -2.11. The van der Waals surface area contributed by atoms with Gasteiger partial charge in [-0.05, 0) is 24.6 Å². The minimum absolute atomic E-state index is 0.0789. The normalized spacial score (nSPS) is 9.86. The Hall–Kier alpha value is -2.24. The molecule has 0 atom stereocenters. The Morgan fingerprint density at radius 2 is 1.33 bits per heavy atom. The highest BCUT2D eigenvalue weighted by molar-refractivity contribution is 5.73. The van der Waals surface area contributed by atoms with Crippen molar-refractivity contribution in [2.45, 2.75) is 20.8 Å². The maximum absolute atomic E-state index is 10.7. The predicted octanol–water partition coefficient (Wildman–Crippen LogP) is 1.02. The summed E-state index contributed by atoms with van der Waals surface area (Å²) >= 11 is 0. The lowest BCUT2D eigenvalue weighted by Crippen LogP contribution is -2.25. The van der Waals surface area contributed by atoms with Gasteiger partial charge < -0.3 is 20.1 Å². The molecule has 0 fully saturated rings. The van der Waals surface area contributed by atoms with Crippen LogP contribution in [0.25, 0.3) is 0 Å². The summed E-state index contributed by atoms with van der Waals surface area (Å²) in [6, 6.07) is 5.58. The number of rotatable bonds is 8. The molecule has 0 saturated carbocycles. The summed E-state index contributed by atoms with van der Waals surface area (Å²) < 4.78 is 11.1. The molecule has 0 aliphatic carbocycles. The van der Waals surface area contributed by atoms with Crippen LogP contribution in [0.3, 0.4) is 0 Å². The monoisotopic (exact) mass is 294 g/mol. The van der Waals surface area contributed by atoms with E-state index in [0.717, 1.165) is 5.56 Å². The van der Waals surface area contributed by atoms with Crippen molar-refractivity contribution in [2.75, 3.05) is 26.3 Å². The van der Waals surface area contributed by atoms with Crippen LogP contribution in [0.15, 0.2) is 18.2 Å². The van der Waals surface area contributed by atoms with E-state index in [0.29, 0.717) is 37.8 Å². The minimum atomic E-state index is -0.0789. The van der Waals surface area contributed by atoms with Gasteiger partial charge in [-0.1, -0.05) is 0 Å². The lowest BCUT2D eigenvalue weighted by molar-refractivity contribution is -0.119. The topological polar surface area (TPSA) is 76.7 Å². The molecule has 0 aromatic heterocycles. The second kappa shape index (κ2) is 8.84. The van der Waals surface area contributed by atoms with Gasteiger partial charge in [-0.3, -0.25) is 9.59 Å². The summed E-state index contributed by atoms with van der Waals surface area (Å²) in [5.41, 5.74) is 1.02. The van der Waals surface area contributed by atoms with Gasteiger partial charge in [0, 0.05) is 19.9 Å². The van der Waals surface area contributed by atoms with Gasteiger partial charge in [-0.2, -0.15) is 0 Å². The zero-order chi connectivity index (χ0) is 15.7. The maximum Gasteiger partial charge on any atom is 0.216 e. The van der Waals surface area contributed by atoms with Crippen LogP contribution in [0.1, 0.15) is 19.4 Å². The molecule has 0 saturated heterocycles. The van der Waals surface area contributed by atoms with E-state index in [4.69, 9.17) is 9.47 Å². The summed E-state index contributed by atoms with van der Waals surface area (Å²) in [6.45, 7) is 6.59. The van der Waals surface area contributed by atoms with Crippen LogP contribution in [-0.2, 0) is 9.59 Å². The van der Waals surface area contributed by atoms with Gasteiger partial charge in [0.25, 0.3) is 0 Å². The van der Waals surface area contributed by atoms with Crippen LogP contribution < -0.4 is 20.1 Å². The zero-order valence-corrected chi connectivity index (χ0v) is 12.7. The van der Waals surface area contributed by atoms with E-state index in [1.807, 2.05) is 19.1 Å². The van der Waals surface area contributed by atoms with Crippen LogP contribution in [0, 0.1) is 6.92 Å². The summed E-state index contributed by atoms with van der Waals surface area (Å²) in [6.07, 6.45) is 0. The smallest absolute Gasteiger partial charge is 0.216 e. The molecule has 2 N–H and O–H groups in total. The second-order valence-corrected chi connectivity index (χ2v) is 4.64. The number of amides is 2. The van der Waals surface area contributed by atoms with E-state index in [2.05, 4.69) is 10.6 Å². The Morgan fingerprint density at radius 1 is 0.905 bits per heavy atom. The molecule has 116 valence electrons. The molecule has 1 rings (SSSR count). The van der Waals surface area contributed by atoms with Crippen LogP contribution in [-0.4, -0.2) is 38.1 Å². The largest absolute Gasteiger partial charge is 0.492 e. The number of ether oxygens (including phenoxy) is 2. The first-order chi connectivity index (χ1) is 9.97. The van der Waals surface area contributed by atoms with E-state index >= 15 is 0 Å². The standard InChI is InChI=1S/C15H22N2O4/c1-11-8-14(20-6-4-16-12(2)18)10-15(9-11)21-7-5-17-13(3)19/h8-10H,4-7H2,1-3H3,(H,16,18)(H,17,19). The molecule has 1 aromatic rings. The maximum atomic E-state index is 10.7. The Labute approximate surface area is 124 Å². The molecule has 1 aromatic carbocycles. The van der Waals surface area contributed by atoms with Crippen LogP contribution in [0.2, 0.25) is 0 Å². The Bertz CT molecular complexity index is 448. The van der Waals surface area contributed by atoms with Crippen molar-refractivity contribution < 1.29 is 19.1 Å². The van der Waals surface area contributed by atoms with E-state index in [9.17, 15) is 9.59 Å². The molecule has 0 heterocycles. The number of carbonyl (C=O) groups is 2. The number of benzene rings is 1. The van der Waals surface area contributed by atoms with Crippen LogP contribution in [0.4, 0.5) is 0 Å². The Balaban J connectivity index is 2.43.